The van der Waals surface area contributed by atoms with Gasteiger partial charge in [-0.15, -0.1) is 0 Å². The van der Waals surface area contributed by atoms with Crippen molar-refractivity contribution in [2.45, 2.75) is 6.42 Å². The molecule has 1 aromatic heterocycles. The number of carbonyl (C=O) groups excluding carboxylic acids is 1. The smallest absolute Gasteiger partial charge is 0.314 e. The molecule has 0 bridgehead atoms. The molecule has 2 heterocycles. The Labute approximate surface area is 84.5 Å². The zero-order chi connectivity index (χ0) is 10.8. The van der Waals surface area contributed by atoms with Crippen LogP contribution in [-0.2, 0) is 0 Å². The normalized spacial score (nSPS) is 14.5. The minimum atomic E-state index is -0.715. The fourth-order valence-electron chi connectivity index (χ4n) is 1.38. The first-order chi connectivity index (χ1) is 7.20. The van der Waals surface area contributed by atoms with Crippen LogP contribution < -0.4 is 11.2 Å². The molecule has 1 amide bonds. The number of H-pyrrole nitrogens is 1. The van der Waals surface area contributed by atoms with Crippen molar-refractivity contribution in [1.29, 1.82) is 0 Å². The van der Waals surface area contributed by atoms with Gasteiger partial charge in [0, 0.05) is 25.0 Å². The van der Waals surface area contributed by atoms with Crippen molar-refractivity contribution in [2.24, 2.45) is 0 Å². The van der Waals surface area contributed by atoms with Crippen LogP contribution in [0.4, 0.5) is 4.79 Å². The highest BCUT2D eigenvalue weighted by Crippen LogP contribution is 2.04. The highest BCUT2D eigenvalue weighted by atomic mass is 16.2. The summed E-state index contributed by atoms with van der Waals surface area (Å²) in [6, 6.07) is 0.523. The molecule has 1 aliphatic rings. The minimum Gasteiger partial charge on any atom is -0.314 e. The van der Waals surface area contributed by atoms with Gasteiger partial charge in [-0.3, -0.25) is 4.79 Å². The average Bonchev–Trinajstić information content (AvgIpc) is 2.69. The zero-order valence-corrected chi connectivity index (χ0v) is 7.84. The molecule has 0 aliphatic carbocycles. The Morgan fingerprint density at radius 3 is 2.80 bits per heavy atom. The lowest BCUT2D eigenvalue weighted by molar-refractivity contribution is 0.217. The minimum absolute atomic E-state index is 0.500. The highest BCUT2D eigenvalue weighted by Gasteiger charge is 2.18. The van der Waals surface area contributed by atoms with Crippen molar-refractivity contribution < 1.29 is 4.79 Å². The molecule has 1 aromatic rings. The van der Waals surface area contributed by atoms with E-state index < -0.39 is 17.3 Å². The molecule has 6 nitrogen and oxygen atoms in total. The Morgan fingerprint density at radius 2 is 2.20 bits per heavy atom. The topological polar surface area (TPSA) is 75.2 Å². The molecule has 0 saturated carbocycles. The van der Waals surface area contributed by atoms with Gasteiger partial charge in [-0.1, -0.05) is 6.08 Å². The molecule has 0 saturated heterocycles. The van der Waals surface area contributed by atoms with Gasteiger partial charge in [-0.2, -0.15) is 4.57 Å². The van der Waals surface area contributed by atoms with Gasteiger partial charge in [0.05, 0.1) is 0 Å². The third-order valence-electron chi connectivity index (χ3n) is 2.12. The van der Waals surface area contributed by atoms with Crippen LogP contribution in [0.15, 0.2) is 34.1 Å². The van der Waals surface area contributed by atoms with Gasteiger partial charge >= 0.3 is 11.7 Å². The van der Waals surface area contributed by atoms with Crippen LogP contribution in [0.25, 0.3) is 0 Å². The molecule has 0 radical (unpaired) electrons. The Kier molecular flexibility index (Phi) is 2.24. The average molecular weight is 207 g/mol. The predicted octanol–water partition coefficient (Wildman–Crippen LogP) is -0.276. The van der Waals surface area contributed by atoms with Crippen molar-refractivity contribution in [3.8, 4) is 0 Å². The van der Waals surface area contributed by atoms with Crippen LogP contribution in [0.3, 0.4) is 0 Å². The highest BCUT2D eigenvalue weighted by molar-refractivity contribution is 5.77. The molecule has 1 aliphatic heterocycles. The fraction of sp³-hybridized carbons (Fsp3) is 0.222. The number of hydrogen-bond donors (Lipinski definition) is 1. The van der Waals surface area contributed by atoms with E-state index >= 15 is 0 Å². The molecule has 0 aromatic carbocycles. The Hall–Kier alpha value is -2.11. The number of aromatic nitrogens is 2. The maximum atomic E-state index is 11.7. The quantitative estimate of drug-likeness (QED) is 0.636. The lowest BCUT2D eigenvalue weighted by atomic mass is 10.5. The van der Waals surface area contributed by atoms with Gasteiger partial charge in [0.1, 0.15) is 0 Å². The number of aromatic amines is 1. The van der Waals surface area contributed by atoms with Gasteiger partial charge in [-0.05, 0) is 6.42 Å². The monoisotopic (exact) mass is 207 g/mol. The maximum Gasteiger partial charge on any atom is 0.339 e. The SMILES string of the molecule is O=C(N1C=CCC1)n1c(=O)cc[nH]c1=O. The second-order valence-corrected chi connectivity index (χ2v) is 3.11. The molecule has 15 heavy (non-hydrogen) atoms. The summed E-state index contributed by atoms with van der Waals surface area (Å²) < 4.78 is 0.579. The maximum absolute atomic E-state index is 11.7. The summed E-state index contributed by atoms with van der Waals surface area (Å²) >= 11 is 0. The van der Waals surface area contributed by atoms with Crippen molar-refractivity contribution in [3.05, 3.63) is 45.4 Å². The third-order valence-corrected chi connectivity index (χ3v) is 2.12. The number of rotatable bonds is 0. The number of nitrogens with one attached hydrogen (secondary N) is 1. The van der Waals surface area contributed by atoms with E-state index in [-0.39, 0.29) is 0 Å². The van der Waals surface area contributed by atoms with Crippen molar-refractivity contribution in [1.82, 2.24) is 14.5 Å². The van der Waals surface area contributed by atoms with Crippen molar-refractivity contribution in [2.75, 3.05) is 6.54 Å². The fourth-order valence-corrected chi connectivity index (χ4v) is 1.38. The largest absolute Gasteiger partial charge is 0.339 e. The van der Waals surface area contributed by atoms with Gasteiger partial charge < -0.3 is 9.88 Å². The van der Waals surface area contributed by atoms with Crippen molar-refractivity contribution in [3.63, 3.8) is 0 Å². The van der Waals surface area contributed by atoms with E-state index in [4.69, 9.17) is 0 Å². The molecule has 0 atom stereocenters. The molecule has 2 rings (SSSR count). The first kappa shape index (κ1) is 9.45. The first-order valence-corrected chi connectivity index (χ1v) is 4.48. The molecule has 1 N–H and O–H groups in total. The van der Waals surface area contributed by atoms with Crippen LogP contribution in [-0.4, -0.2) is 27.0 Å². The number of carbonyl (C=O) groups is 1. The summed E-state index contributed by atoms with van der Waals surface area (Å²) in [5, 5.41) is 0. The van der Waals surface area contributed by atoms with E-state index in [0.29, 0.717) is 11.1 Å². The predicted molar refractivity (Wildman–Crippen MR) is 52.6 cm³/mol. The molecule has 78 valence electrons. The molecule has 0 unspecified atom stereocenters. The molecular formula is C9H9N3O3. The standard InChI is InChI=1S/C9H9N3O3/c13-7-3-4-10-8(14)12(7)9(15)11-5-1-2-6-11/h1,3-5H,2,6H2,(H,10,14). The van der Waals surface area contributed by atoms with Gasteiger partial charge in [-0.25, -0.2) is 9.59 Å². The molecule has 0 spiro atoms. The van der Waals surface area contributed by atoms with E-state index in [1.807, 2.05) is 0 Å². The van der Waals surface area contributed by atoms with Crippen LogP contribution >= 0.6 is 0 Å². The Bertz CT molecular complexity index is 498. The lowest BCUT2D eigenvalue weighted by Crippen LogP contribution is -2.44. The summed E-state index contributed by atoms with van der Waals surface area (Å²) in [5.74, 6) is 0. The van der Waals surface area contributed by atoms with E-state index in [1.165, 1.54) is 11.1 Å². The summed E-state index contributed by atoms with van der Waals surface area (Å²) in [6.45, 7) is 0.500. The number of amides is 1. The summed E-state index contributed by atoms with van der Waals surface area (Å²) in [6.07, 6.45) is 5.33. The van der Waals surface area contributed by atoms with Crippen LogP contribution in [0.2, 0.25) is 0 Å². The Balaban J connectivity index is 2.46. The summed E-state index contributed by atoms with van der Waals surface area (Å²) in [4.78, 5) is 37.9. The summed E-state index contributed by atoms with van der Waals surface area (Å²) in [5.41, 5.74) is -1.34. The molecule has 6 heteroatoms. The molecular weight excluding hydrogens is 198 g/mol. The Morgan fingerprint density at radius 1 is 1.40 bits per heavy atom. The van der Waals surface area contributed by atoms with E-state index in [1.54, 1.807) is 12.3 Å². The summed E-state index contributed by atoms with van der Waals surface area (Å²) in [7, 11) is 0. The van der Waals surface area contributed by atoms with E-state index in [9.17, 15) is 14.4 Å². The first-order valence-electron chi connectivity index (χ1n) is 4.48. The van der Waals surface area contributed by atoms with Crippen LogP contribution in [0.5, 0.6) is 0 Å². The van der Waals surface area contributed by atoms with Gasteiger partial charge in [0.25, 0.3) is 5.56 Å². The second kappa shape index (κ2) is 3.56. The second-order valence-electron chi connectivity index (χ2n) is 3.11. The van der Waals surface area contributed by atoms with Crippen LogP contribution in [0, 0.1) is 0 Å². The van der Waals surface area contributed by atoms with Gasteiger partial charge in [0.15, 0.2) is 0 Å². The molecule has 0 fully saturated rings. The third kappa shape index (κ3) is 1.61. The number of hydrogen-bond acceptors (Lipinski definition) is 3. The zero-order valence-electron chi connectivity index (χ0n) is 7.84. The number of nitrogens with zero attached hydrogens (tertiary/aromatic N) is 2. The van der Waals surface area contributed by atoms with Crippen LogP contribution in [0.1, 0.15) is 6.42 Å². The lowest BCUT2D eigenvalue weighted by Gasteiger charge is -2.12. The van der Waals surface area contributed by atoms with E-state index in [2.05, 4.69) is 4.98 Å². The van der Waals surface area contributed by atoms with Gasteiger partial charge in [0.2, 0.25) is 0 Å². The van der Waals surface area contributed by atoms with Crippen molar-refractivity contribution >= 4 is 6.03 Å². The van der Waals surface area contributed by atoms with E-state index in [0.717, 1.165) is 12.5 Å².